The molecule has 28 heavy (non-hydrogen) atoms. The third-order valence-electron chi connectivity index (χ3n) is 4.37. The number of aromatic nitrogens is 2. The van der Waals surface area contributed by atoms with E-state index in [9.17, 15) is 13.6 Å². The lowest BCUT2D eigenvalue weighted by Crippen LogP contribution is -2.24. The highest BCUT2D eigenvalue weighted by atomic mass is 19.2. The standard InChI is InChI=1S/C20H16F2N4O2/c21-15-6-5-12(11-16(15)22)25-19(27)14-4-1-3-13-17(7-10-28-18(13)14)26-20-23-8-2-9-24-20/h1-6,8-9,11,17H,7,10H2,(H,25,27)(H,23,24,26). The van der Waals surface area contributed by atoms with Gasteiger partial charge in [-0.15, -0.1) is 0 Å². The van der Waals surface area contributed by atoms with Gasteiger partial charge in [0.25, 0.3) is 5.91 Å². The number of carbonyl (C=O) groups excluding carboxylic acids is 1. The quantitative estimate of drug-likeness (QED) is 0.715. The first-order valence-corrected chi connectivity index (χ1v) is 8.67. The normalized spacial score (nSPS) is 15.3. The van der Waals surface area contributed by atoms with E-state index in [0.29, 0.717) is 30.3 Å². The van der Waals surface area contributed by atoms with Gasteiger partial charge in [-0.3, -0.25) is 4.79 Å². The van der Waals surface area contributed by atoms with Gasteiger partial charge in [-0.05, 0) is 24.3 Å². The van der Waals surface area contributed by atoms with Gasteiger partial charge >= 0.3 is 0 Å². The molecular weight excluding hydrogens is 366 g/mol. The lowest BCUT2D eigenvalue weighted by molar-refractivity contribution is 0.102. The summed E-state index contributed by atoms with van der Waals surface area (Å²) < 4.78 is 32.2. The molecule has 1 unspecified atom stereocenters. The van der Waals surface area contributed by atoms with Crippen LogP contribution in [0.1, 0.15) is 28.4 Å². The second-order valence-electron chi connectivity index (χ2n) is 6.21. The topological polar surface area (TPSA) is 76.1 Å². The van der Waals surface area contributed by atoms with E-state index in [4.69, 9.17) is 4.74 Å². The van der Waals surface area contributed by atoms with Crippen LogP contribution in [0, 0.1) is 11.6 Å². The minimum atomic E-state index is -1.03. The number of anilines is 2. The number of carbonyl (C=O) groups is 1. The van der Waals surface area contributed by atoms with Crippen LogP contribution < -0.4 is 15.4 Å². The number of nitrogens with zero attached hydrogens (tertiary/aromatic N) is 2. The summed E-state index contributed by atoms with van der Waals surface area (Å²) in [6.07, 6.45) is 3.96. The molecule has 0 spiro atoms. The van der Waals surface area contributed by atoms with Gasteiger partial charge in [-0.1, -0.05) is 12.1 Å². The van der Waals surface area contributed by atoms with Crippen LogP contribution >= 0.6 is 0 Å². The van der Waals surface area contributed by atoms with E-state index < -0.39 is 17.5 Å². The van der Waals surface area contributed by atoms with Crippen LogP contribution in [0.2, 0.25) is 0 Å². The molecule has 142 valence electrons. The van der Waals surface area contributed by atoms with Crippen molar-refractivity contribution in [2.75, 3.05) is 17.2 Å². The second-order valence-corrected chi connectivity index (χ2v) is 6.21. The minimum Gasteiger partial charge on any atom is -0.492 e. The number of benzene rings is 2. The zero-order valence-corrected chi connectivity index (χ0v) is 14.7. The molecule has 0 aliphatic carbocycles. The largest absolute Gasteiger partial charge is 0.492 e. The maximum Gasteiger partial charge on any atom is 0.259 e. The molecule has 0 saturated carbocycles. The average molecular weight is 382 g/mol. The van der Waals surface area contributed by atoms with Crippen molar-refractivity contribution in [1.82, 2.24) is 9.97 Å². The number of halogens is 2. The Hall–Kier alpha value is -3.55. The van der Waals surface area contributed by atoms with Gasteiger partial charge in [0.15, 0.2) is 11.6 Å². The molecule has 1 atom stereocenters. The Labute approximate surface area is 159 Å². The van der Waals surface area contributed by atoms with Crippen LogP contribution in [0.3, 0.4) is 0 Å². The fourth-order valence-electron chi connectivity index (χ4n) is 3.06. The van der Waals surface area contributed by atoms with Crippen LogP contribution in [-0.2, 0) is 0 Å². The molecule has 2 N–H and O–H groups in total. The molecule has 1 amide bonds. The lowest BCUT2D eigenvalue weighted by Gasteiger charge is -2.28. The summed E-state index contributed by atoms with van der Waals surface area (Å²) in [5, 5.41) is 5.81. The Morgan fingerprint density at radius 2 is 1.89 bits per heavy atom. The van der Waals surface area contributed by atoms with E-state index in [-0.39, 0.29) is 11.7 Å². The Morgan fingerprint density at radius 1 is 1.07 bits per heavy atom. The number of hydrogen-bond acceptors (Lipinski definition) is 5. The Morgan fingerprint density at radius 3 is 2.68 bits per heavy atom. The third kappa shape index (κ3) is 3.62. The van der Waals surface area contributed by atoms with E-state index in [1.54, 1.807) is 30.6 Å². The summed E-state index contributed by atoms with van der Waals surface area (Å²) in [6, 6.07) is 10.0. The molecule has 2 aromatic carbocycles. The molecule has 3 aromatic rings. The van der Waals surface area contributed by atoms with Crippen LogP contribution in [-0.4, -0.2) is 22.5 Å². The molecule has 1 aliphatic rings. The van der Waals surface area contributed by atoms with Gasteiger partial charge in [-0.25, -0.2) is 18.7 Å². The minimum absolute atomic E-state index is 0.123. The number of fused-ring (bicyclic) bond motifs is 1. The molecule has 8 heteroatoms. The summed E-state index contributed by atoms with van der Waals surface area (Å²) in [4.78, 5) is 21.0. The molecule has 1 aliphatic heterocycles. The first-order valence-electron chi connectivity index (χ1n) is 8.67. The third-order valence-corrected chi connectivity index (χ3v) is 4.37. The van der Waals surface area contributed by atoms with Crippen molar-refractivity contribution in [3.8, 4) is 5.75 Å². The highest BCUT2D eigenvalue weighted by Crippen LogP contribution is 2.36. The predicted octanol–water partition coefficient (Wildman–Crippen LogP) is 3.94. The SMILES string of the molecule is O=C(Nc1ccc(F)c(F)c1)c1cccc2c1OCCC2Nc1ncccn1. The maximum atomic E-state index is 13.4. The van der Waals surface area contributed by atoms with Crippen molar-refractivity contribution in [3.05, 3.63) is 77.6 Å². The number of nitrogens with one attached hydrogen (secondary N) is 2. The van der Waals surface area contributed by atoms with Crippen LogP contribution in [0.5, 0.6) is 5.75 Å². The van der Waals surface area contributed by atoms with Gasteiger partial charge in [0.05, 0.1) is 18.2 Å². The Balaban J connectivity index is 1.60. The summed E-state index contributed by atoms with van der Waals surface area (Å²) >= 11 is 0. The van der Waals surface area contributed by atoms with Crippen LogP contribution in [0.4, 0.5) is 20.4 Å². The maximum absolute atomic E-state index is 13.4. The molecule has 0 saturated heterocycles. The zero-order valence-electron chi connectivity index (χ0n) is 14.7. The average Bonchev–Trinajstić information content (AvgIpc) is 2.71. The first-order chi connectivity index (χ1) is 13.6. The number of para-hydroxylation sites is 1. The molecule has 0 bridgehead atoms. The summed E-state index contributed by atoms with van der Waals surface area (Å²) in [5.74, 6) is -1.55. The van der Waals surface area contributed by atoms with E-state index in [1.807, 2.05) is 6.07 Å². The molecule has 2 heterocycles. The number of ether oxygens (including phenoxy) is 1. The smallest absolute Gasteiger partial charge is 0.259 e. The monoisotopic (exact) mass is 382 g/mol. The van der Waals surface area contributed by atoms with Crippen LogP contribution in [0.15, 0.2) is 54.9 Å². The van der Waals surface area contributed by atoms with Crippen molar-refractivity contribution >= 4 is 17.5 Å². The van der Waals surface area contributed by atoms with Crippen molar-refractivity contribution in [3.63, 3.8) is 0 Å². The molecule has 0 radical (unpaired) electrons. The van der Waals surface area contributed by atoms with Crippen molar-refractivity contribution in [1.29, 1.82) is 0 Å². The Bertz CT molecular complexity index is 1010. The predicted molar refractivity (Wildman–Crippen MR) is 99.3 cm³/mol. The molecule has 4 rings (SSSR count). The van der Waals surface area contributed by atoms with Crippen molar-refractivity contribution in [2.45, 2.75) is 12.5 Å². The highest BCUT2D eigenvalue weighted by Gasteiger charge is 2.26. The van der Waals surface area contributed by atoms with Crippen LogP contribution in [0.25, 0.3) is 0 Å². The molecule has 6 nitrogen and oxygen atoms in total. The molecular formula is C20H16F2N4O2. The van der Waals surface area contributed by atoms with Gasteiger partial charge < -0.3 is 15.4 Å². The fraction of sp³-hybridized carbons (Fsp3) is 0.150. The van der Waals surface area contributed by atoms with E-state index in [1.165, 1.54) is 6.07 Å². The van der Waals surface area contributed by atoms with Gasteiger partial charge in [0.1, 0.15) is 5.75 Å². The summed E-state index contributed by atoms with van der Waals surface area (Å²) in [6.45, 7) is 0.410. The van der Waals surface area contributed by atoms with E-state index >= 15 is 0 Å². The number of hydrogen-bond donors (Lipinski definition) is 2. The highest BCUT2D eigenvalue weighted by molar-refractivity contribution is 6.06. The Kier molecular flexibility index (Phi) is 4.84. The fourth-order valence-corrected chi connectivity index (χ4v) is 3.06. The van der Waals surface area contributed by atoms with Crippen molar-refractivity contribution in [2.24, 2.45) is 0 Å². The second kappa shape index (κ2) is 7.59. The molecule has 1 aromatic heterocycles. The summed E-state index contributed by atoms with van der Waals surface area (Å²) in [7, 11) is 0. The number of rotatable bonds is 4. The first kappa shape index (κ1) is 17.8. The lowest BCUT2D eigenvalue weighted by atomic mass is 9.97. The molecule has 0 fully saturated rings. The van der Waals surface area contributed by atoms with E-state index in [0.717, 1.165) is 17.7 Å². The van der Waals surface area contributed by atoms with Gasteiger partial charge in [0.2, 0.25) is 5.95 Å². The zero-order chi connectivity index (χ0) is 19.5. The number of amides is 1. The van der Waals surface area contributed by atoms with Gasteiger partial charge in [0, 0.05) is 36.1 Å². The summed E-state index contributed by atoms with van der Waals surface area (Å²) in [5.41, 5.74) is 1.27. The van der Waals surface area contributed by atoms with Gasteiger partial charge in [-0.2, -0.15) is 0 Å². The van der Waals surface area contributed by atoms with E-state index in [2.05, 4.69) is 20.6 Å². The van der Waals surface area contributed by atoms with Crippen molar-refractivity contribution < 1.29 is 18.3 Å².